The van der Waals surface area contributed by atoms with Crippen molar-refractivity contribution >= 4 is 52.2 Å². The number of thioether (sulfide) groups is 1. The van der Waals surface area contributed by atoms with E-state index in [0.29, 0.717) is 26.6 Å². The number of nitrogens with one attached hydrogen (secondary N) is 1. The van der Waals surface area contributed by atoms with Crippen LogP contribution < -0.4 is 11.1 Å². The Kier molecular flexibility index (Phi) is 4.57. The molecule has 2 rings (SSSR count). The molecule has 2 aromatic rings. The zero-order valence-corrected chi connectivity index (χ0v) is 11.9. The first-order valence-electron chi connectivity index (χ1n) is 5.13. The minimum atomic E-state index is -0.265. The van der Waals surface area contributed by atoms with Gasteiger partial charge in [-0.3, -0.25) is 4.79 Å². The summed E-state index contributed by atoms with van der Waals surface area (Å²) in [6.07, 6.45) is 2.95. The molecule has 1 heterocycles. The number of carbonyl (C=O) groups excluding carboxylic acids is 1. The van der Waals surface area contributed by atoms with E-state index in [-0.39, 0.29) is 11.7 Å². The van der Waals surface area contributed by atoms with Gasteiger partial charge in [0.25, 0.3) is 5.22 Å². The number of nitrogens with two attached hydrogens (primary N) is 1. The van der Waals surface area contributed by atoms with Gasteiger partial charge in [0.1, 0.15) is 6.26 Å². The lowest BCUT2D eigenvalue weighted by Gasteiger charge is -2.10. The van der Waals surface area contributed by atoms with Crippen LogP contribution in [0.5, 0.6) is 0 Å². The SMILES string of the molecule is Nc1cc(Cl)cc(Cl)c1NC(=O)CSc1ncco1. The first kappa shape index (κ1) is 14.0. The molecular formula is C11H9Cl2N3O2S. The normalized spacial score (nSPS) is 10.4. The zero-order valence-electron chi connectivity index (χ0n) is 9.52. The van der Waals surface area contributed by atoms with Crippen LogP contribution in [0.2, 0.25) is 10.0 Å². The van der Waals surface area contributed by atoms with E-state index in [9.17, 15) is 4.79 Å². The molecule has 0 aliphatic heterocycles. The maximum absolute atomic E-state index is 11.7. The van der Waals surface area contributed by atoms with Crippen molar-refractivity contribution in [2.24, 2.45) is 0 Å². The fourth-order valence-corrected chi connectivity index (χ4v) is 2.45. The summed E-state index contributed by atoms with van der Waals surface area (Å²) < 4.78 is 5.00. The number of oxazole rings is 1. The van der Waals surface area contributed by atoms with Crippen molar-refractivity contribution in [2.45, 2.75) is 5.22 Å². The number of amides is 1. The molecule has 0 unspecified atom stereocenters. The summed E-state index contributed by atoms with van der Waals surface area (Å²) >= 11 is 12.9. The maximum Gasteiger partial charge on any atom is 0.256 e. The molecule has 0 aliphatic rings. The fourth-order valence-electron chi connectivity index (χ4n) is 1.31. The summed E-state index contributed by atoms with van der Waals surface area (Å²) in [6, 6.07) is 3.03. The lowest BCUT2D eigenvalue weighted by atomic mass is 10.2. The molecule has 0 fully saturated rings. The summed E-state index contributed by atoms with van der Waals surface area (Å²) in [7, 11) is 0. The summed E-state index contributed by atoms with van der Waals surface area (Å²) in [4.78, 5) is 15.6. The smallest absolute Gasteiger partial charge is 0.256 e. The molecule has 0 atom stereocenters. The van der Waals surface area contributed by atoms with Gasteiger partial charge >= 0.3 is 0 Å². The van der Waals surface area contributed by atoms with E-state index in [0.717, 1.165) is 0 Å². The molecule has 100 valence electrons. The Hall–Kier alpha value is -1.37. The average Bonchev–Trinajstić information content (AvgIpc) is 2.84. The number of halogens is 2. The Morgan fingerprint density at radius 1 is 1.47 bits per heavy atom. The van der Waals surface area contributed by atoms with Gasteiger partial charge in [0, 0.05) is 5.02 Å². The van der Waals surface area contributed by atoms with E-state index >= 15 is 0 Å². The monoisotopic (exact) mass is 317 g/mol. The van der Waals surface area contributed by atoms with E-state index in [1.165, 1.54) is 36.4 Å². The standard InChI is InChI=1S/C11H9Cl2N3O2S/c12-6-3-7(13)10(8(14)4-6)16-9(17)5-19-11-15-1-2-18-11/h1-4H,5,14H2,(H,16,17). The summed E-state index contributed by atoms with van der Waals surface area (Å²) in [6.45, 7) is 0. The summed E-state index contributed by atoms with van der Waals surface area (Å²) in [5.41, 5.74) is 6.40. The number of anilines is 2. The molecule has 0 aliphatic carbocycles. The minimum absolute atomic E-state index is 0.138. The second kappa shape index (κ2) is 6.18. The molecule has 0 saturated heterocycles. The van der Waals surface area contributed by atoms with Crippen LogP contribution in [0.1, 0.15) is 0 Å². The number of nitrogens with zero attached hydrogens (tertiary/aromatic N) is 1. The van der Waals surface area contributed by atoms with Gasteiger partial charge in [-0.05, 0) is 12.1 Å². The summed E-state index contributed by atoms with van der Waals surface area (Å²) in [5.74, 6) is -0.127. The minimum Gasteiger partial charge on any atom is -0.440 e. The predicted molar refractivity (Wildman–Crippen MR) is 76.7 cm³/mol. The topological polar surface area (TPSA) is 81.1 Å². The van der Waals surface area contributed by atoms with Crippen LogP contribution in [0, 0.1) is 0 Å². The predicted octanol–water partition coefficient (Wildman–Crippen LogP) is 3.29. The largest absolute Gasteiger partial charge is 0.440 e. The van der Waals surface area contributed by atoms with Gasteiger partial charge in [-0.15, -0.1) is 0 Å². The number of hydrogen-bond donors (Lipinski definition) is 2. The van der Waals surface area contributed by atoms with Crippen molar-refractivity contribution in [3.8, 4) is 0 Å². The van der Waals surface area contributed by atoms with Crippen molar-refractivity contribution in [1.82, 2.24) is 4.98 Å². The van der Waals surface area contributed by atoms with Crippen LogP contribution in [0.15, 0.2) is 34.2 Å². The highest BCUT2D eigenvalue weighted by molar-refractivity contribution is 7.99. The molecule has 0 spiro atoms. The van der Waals surface area contributed by atoms with Gasteiger partial charge in [0.15, 0.2) is 0 Å². The third-order valence-corrected chi connectivity index (χ3v) is 3.46. The lowest BCUT2D eigenvalue weighted by Crippen LogP contribution is -2.15. The van der Waals surface area contributed by atoms with E-state index in [2.05, 4.69) is 10.3 Å². The Balaban J connectivity index is 1.99. The van der Waals surface area contributed by atoms with Crippen molar-refractivity contribution in [3.05, 3.63) is 34.6 Å². The summed E-state index contributed by atoms with van der Waals surface area (Å²) in [5, 5.41) is 3.75. The molecular weight excluding hydrogens is 309 g/mol. The van der Waals surface area contributed by atoms with Crippen LogP contribution in [-0.4, -0.2) is 16.6 Å². The molecule has 0 bridgehead atoms. The van der Waals surface area contributed by atoms with Crippen molar-refractivity contribution in [1.29, 1.82) is 0 Å². The Labute approximate surface area is 123 Å². The second-order valence-corrected chi connectivity index (χ2v) is 5.26. The van der Waals surface area contributed by atoms with Crippen LogP contribution in [0.3, 0.4) is 0 Å². The number of nitrogen functional groups attached to an aromatic ring is 1. The number of rotatable bonds is 4. The second-order valence-electron chi connectivity index (χ2n) is 3.49. The number of benzene rings is 1. The molecule has 3 N–H and O–H groups in total. The highest BCUT2D eigenvalue weighted by Crippen LogP contribution is 2.32. The lowest BCUT2D eigenvalue weighted by molar-refractivity contribution is -0.113. The van der Waals surface area contributed by atoms with E-state index in [4.69, 9.17) is 33.4 Å². The Morgan fingerprint density at radius 2 is 2.26 bits per heavy atom. The third kappa shape index (κ3) is 3.79. The molecule has 8 heteroatoms. The number of hydrogen-bond acceptors (Lipinski definition) is 5. The van der Waals surface area contributed by atoms with E-state index in [1.54, 1.807) is 0 Å². The van der Waals surface area contributed by atoms with Gasteiger partial charge in [-0.1, -0.05) is 35.0 Å². The molecule has 1 aromatic heterocycles. The van der Waals surface area contributed by atoms with Crippen LogP contribution in [0.25, 0.3) is 0 Å². The highest BCUT2D eigenvalue weighted by Gasteiger charge is 2.11. The Morgan fingerprint density at radius 3 is 2.89 bits per heavy atom. The quantitative estimate of drug-likeness (QED) is 0.668. The van der Waals surface area contributed by atoms with Crippen LogP contribution in [0.4, 0.5) is 11.4 Å². The third-order valence-electron chi connectivity index (χ3n) is 2.09. The fraction of sp³-hybridized carbons (Fsp3) is 0.0909. The number of carbonyl (C=O) groups is 1. The first-order valence-corrected chi connectivity index (χ1v) is 6.87. The van der Waals surface area contributed by atoms with Crippen LogP contribution >= 0.6 is 35.0 Å². The van der Waals surface area contributed by atoms with Gasteiger partial charge in [-0.25, -0.2) is 4.98 Å². The van der Waals surface area contributed by atoms with Crippen molar-refractivity contribution in [2.75, 3.05) is 16.8 Å². The molecule has 0 radical (unpaired) electrons. The average molecular weight is 318 g/mol. The van der Waals surface area contributed by atoms with Crippen molar-refractivity contribution in [3.63, 3.8) is 0 Å². The van der Waals surface area contributed by atoms with Gasteiger partial charge in [0.05, 0.1) is 28.3 Å². The number of aromatic nitrogens is 1. The van der Waals surface area contributed by atoms with Gasteiger partial charge in [-0.2, -0.15) is 0 Å². The first-order chi connectivity index (χ1) is 9.06. The maximum atomic E-state index is 11.7. The van der Waals surface area contributed by atoms with E-state index < -0.39 is 0 Å². The molecule has 0 saturated carbocycles. The van der Waals surface area contributed by atoms with Crippen LogP contribution in [-0.2, 0) is 4.79 Å². The Bertz CT molecular complexity index is 567. The molecule has 1 amide bonds. The zero-order chi connectivity index (χ0) is 13.8. The van der Waals surface area contributed by atoms with Gasteiger partial charge in [0.2, 0.25) is 5.91 Å². The van der Waals surface area contributed by atoms with Crippen molar-refractivity contribution < 1.29 is 9.21 Å². The molecule has 1 aromatic carbocycles. The molecule has 5 nitrogen and oxygen atoms in total. The highest BCUT2D eigenvalue weighted by atomic mass is 35.5. The van der Waals surface area contributed by atoms with E-state index in [1.807, 2.05) is 0 Å². The van der Waals surface area contributed by atoms with Gasteiger partial charge < -0.3 is 15.5 Å². The molecule has 19 heavy (non-hydrogen) atoms.